The summed E-state index contributed by atoms with van der Waals surface area (Å²) in [6, 6.07) is 5.11. The van der Waals surface area contributed by atoms with Crippen molar-refractivity contribution in [1.29, 1.82) is 0 Å². The lowest BCUT2D eigenvalue weighted by atomic mass is 9.97. The Morgan fingerprint density at radius 3 is 2.89 bits per heavy atom. The topological polar surface area (TPSA) is 61.4 Å². The van der Waals surface area contributed by atoms with Crippen molar-refractivity contribution in [3.63, 3.8) is 0 Å². The molecule has 1 aliphatic heterocycles. The summed E-state index contributed by atoms with van der Waals surface area (Å²) >= 11 is 0. The van der Waals surface area contributed by atoms with Crippen molar-refractivity contribution in [1.82, 2.24) is 10.6 Å². The van der Waals surface area contributed by atoms with E-state index in [1.54, 1.807) is 25.1 Å². The summed E-state index contributed by atoms with van der Waals surface area (Å²) in [5.41, 5.74) is 1.32. The highest BCUT2D eigenvalue weighted by atomic mass is 16.3. The van der Waals surface area contributed by atoms with Crippen molar-refractivity contribution in [3.8, 4) is 5.75 Å². The molecule has 0 aromatic heterocycles. The average molecular weight is 248 g/mol. The molecule has 1 saturated heterocycles. The van der Waals surface area contributed by atoms with Crippen LogP contribution in [0, 0.1) is 12.8 Å². The Morgan fingerprint density at radius 2 is 2.22 bits per heavy atom. The zero-order chi connectivity index (χ0) is 13.1. The summed E-state index contributed by atoms with van der Waals surface area (Å²) in [5.74, 6) is 0.740. The number of hydrogen-bond donors (Lipinski definition) is 3. The van der Waals surface area contributed by atoms with Gasteiger partial charge in [0, 0.05) is 18.2 Å². The molecule has 2 atom stereocenters. The van der Waals surface area contributed by atoms with Gasteiger partial charge in [0.2, 0.25) is 0 Å². The molecule has 1 amide bonds. The molecular weight excluding hydrogens is 228 g/mol. The van der Waals surface area contributed by atoms with Crippen molar-refractivity contribution in [3.05, 3.63) is 29.3 Å². The summed E-state index contributed by atoms with van der Waals surface area (Å²) in [6.07, 6.45) is 1.01. The molecule has 0 saturated carbocycles. The minimum absolute atomic E-state index is 0.0704. The van der Waals surface area contributed by atoms with Crippen LogP contribution in [-0.2, 0) is 0 Å². The number of carbonyl (C=O) groups is 1. The second-order valence-electron chi connectivity index (χ2n) is 5.17. The van der Waals surface area contributed by atoms with Crippen LogP contribution in [0.1, 0.15) is 29.3 Å². The second-order valence-corrected chi connectivity index (χ2v) is 5.17. The lowest BCUT2D eigenvalue weighted by Crippen LogP contribution is -2.48. The summed E-state index contributed by atoms with van der Waals surface area (Å²) in [7, 11) is 0. The fraction of sp³-hybridized carbons (Fsp3) is 0.500. The third-order valence-corrected chi connectivity index (χ3v) is 3.36. The van der Waals surface area contributed by atoms with Gasteiger partial charge in [-0.15, -0.1) is 0 Å². The quantitative estimate of drug-likeness (QED) is 0.742. The summed E-state index contributed by atoms with van der Waals surface area (Å²) < 4.78 is 0. The number of benzene rings is 1. The maximum atomic E-state index is 12.1. The average Bonchev–Trinajstić information content (AvgIpc) is 2.32. The van der Waals surface area contributed by atoms with E-state index >= 15 is 0 Å². The minimum atomic E-state index is -0.0704. The molecule has 3 N–H and O–H groups in total. The van der Waals surface area contributed by atoms with Gasteiger partial charge in [-0.3, -0.25) is 4.79 Å². The number of phenols is 1. The smallest absolute Gasteiger partial charge is 0.251 e. The van der Waals surface area contributed by atoms with Crippen LogP contribution in [0.5, 0.6) is 5.75 Å². The van der Waals surface area contributed by atoms with Crippen molar-refractivity contribution >= 4 is 5.91 Å². The van der Waals surface area contributed by atoms with Gasteiger partial charge in [-0.25, -0.2) is 0 Å². The standard InChI is InChI=1S/C14H20N2O2/c1-9-5-12(8-15-7-9)16-14(18)11-3-4-13(17)10(2)6-11/h3-4,6,9,12,15,17H,5,7-8H2,1-2H3,(H,16,18). The maximum Gasteiger partial charge on any atom is 0.251 e. The molecule has 0 bridgehead atoms. The minimum Gasteiger partial charge on any atom is -0.508 e. The molecule has 18 heavy (non-hydrogen) atoms. The van der Waals surface area contributed by atoms with E-state index in [-0.39, 0.29) is 17.7 Å². The third-order valence-electron chi connectivity index (χ3n) is 3.36. The monoisotopic (exact) mass is 248 g/mol. The van der Waals surface area contributed by atoms with Crippen LogP contribution < -0.4 is 10.6 Å². The molecule has 1 aromatic carbocycles. The van der Waals surface area contributed by atoms with Gasteiger partial charge in [0.15, 0.2) is 0 Å². The zero-order valence-corrected chi connectivity index (χ0v) is 10.9. The van der Waals surface area contributed by atoms with Gasteiger partial charge >= 0.3 is 0 Å². The van der Waals surface area contributed by atoms with E-state index in [0.29, 0.717) is 11.5 Å². The van der Waals surface area contributed by atoms with Crippen LogP contribution in [0.2, 0.25) is 0 Å². The maximum absolute atomic E-state index is 12.1. The van der Waals surface area contributed by atoms with Crippen LogP contribution in [0.25, 0.3) is 0 Å². The number of nitrogens with one attached hydrogen (secondary N) is 2. The van der Waals surface area contributed by atoms with Crippen molar-refractivity contribution in [2.45, 2.75) is 26.3 Å². The predicted molar refractivity (Wildman–Crippen MR) is 70.7 cm³/mol. The van der Waals surface area contributed by atoms with E-state index in [0.717, 1.165) is 25.1 Å². The van der Waals surface area contributed by atoms with Gasteiger partial charge < -0.3 is 15.7 Å². The van der Waals surface area contributed by atoms with Crippen LogP contribution >= 0.6 is 0 Å². The number of aromatic hydroxyl groups is 1. The van der Waals surface area contributed by atoms with E-state index in [1.165, 1.54) is 0 Å². The molecule has 4 nitrogen and oxygen atoms in total. The number of phenolic OH excluding ortho intramolecular Hbond substituents is 1. The lowest BCUT2D eigenvalue weighted by Gasteiger charge is -2.28. The number of amides is 1. The number of rotatable bonds is 2. The van der Waals surface area contributed by atoms with Crippen LogP contribution in [0.15, 0.2) is 18.2 Å². The highest BCUT2D eigenvalue weighted by Gasteiger charge is 2.20. The first-order valence-corrected chi connectivity index (χ1v) is 6.37. The van der Waals surface area contributed by atoms with E-state index < -0.39 is 0 Å². The van der Waals surface area contributed by atoms with Gasteiger partial charge in [-0.2, -0.15) is 0 Å². The molecule has 1 aliphatic rings. The fourth-order valence-electron chi connectivity index (χ4n) is 2.33. The number of carbonyl (C=O) groups excluding carboxylic acids is 1. The molecule has 1 fully saturated rings. The Labute approximate surface area is 107 Å². The molecule has 98 valence electrons. The molecule has 2 rings (SSSR count). The fourth-order valence-corrected chi connectivity index (χ4v) is 2.33. The second kappa shape index (κ2) is 5.40. The predicted octanol–water partition coefficient (Wildman–Crippen LogP) is 1.43. The van der Waals surface area contributed by atoms with E-state index in [9.17, 15) is 9.90 Å². The highest BCUT2D eigenvalue weighted by Crippen LogP contribution is 2.17. The van der Waals surface area contributed by atoms with Crippen molar-refractivity contribution < 1.29 is 9.90 Å². The molecular formula is C14H20N2O2. The van der Waals surface area contributed by atoms with Crippen LogP contribution in [-0.4, -0.2) is 30.1 Å². The number of hydrogen-bond acceptors (Lipinski definition) is 3. The number of aryl methyl sites for hydroxylation is 1. The summed E-state index contributed by atoms with van der Waals surface area (Å²) in [6.45, 7) is 5.81. The van der Waals surface area contributed by atoms with E-state index in [4.69, 9.17) is 0 Å². The molecule has 0 radical (unpaired) electrons. The van der Waals surface area contributed by atoms with E-state index in [2.05, 4.69) is 17.6 Å². The van der Waals surface area contributed by atoms with Crippen LogP contribution in [0.4, 0.5) is 0 Å². The molecule has 2 unspecified atom stereocenters. The first-order chi connectivity index (χ1) is 8.56. The summed E-state index contributed by atoms with van der Waals surface area (Å²) in [5, 5.41) is 15.8. The van der Waals surface area contributed by atoms with Gasteiger partial charge in [-0.05, 0) is 49.6 Å². The Bertz CT molecular complexity index is 445. The molecule has 0 aliphatic carbocycles. The third kappa shape index (κ3) is 3.01. The Hall–Kier alpha value is -1.55. The van der Waals surface area contributed by atoms with Crippen molar-refractivity contribution in [2.24, 2.45) is 5.92 Å². The Balaban J connectivity index is 2.00. The molecule has 0 spiro atoms. The normalized spacial score (nSPS) is 23.7. The summed E-state index contributed by atoms with van der Waals surface area (Å²) in [4.78, 5) is 12.1. The lowest BCUT2D eigenvalue weighted by molar-refractivity contribution is 0.0925. The Kier molecular flexibility index (Phi) is 3.87. The van der Waals surface area contributed by atoms with Crippen molar-refractivity contribution in [2.75, 3.05) is 13.1 Å². The largest absolute Gasteiger partial charge is 0.508 e. The zero-order valence-electron chi connectivity index (χ0n) is 10.9. The Morgan fingerprint density at radius 1 is 1.44 bits per heavy atom. The van der Waals surface area contributed by atoms with Crippen LogP contribution in [0.3, 0.4) is 0 Å². The first-order valence-electron chi connectivity index (χ1n) is 6.37. The SMILES string of the molecule is Cc1cc(C(=O)NC2CNCC(C)C2)ccc1O. The van der Waals surface area contributed by atoms with E-state index in [1.807, 2.05) is 0 Å². The molecule has 1 aromatic rings. The van der Waals surface area contributed by atoms with Gasteiger partial charge in [0.25, 0.3) is 5.91 Å². The van der Waals surface area contributed by atoms with Gasteiger partial charge in [0.05, 0.1) is 0 Å². The first kappa shape index (κ1) is 12.9. The van der Waals surface area contributed by atoms with Gasteiger partial charge in [-0.1, -0.05) is 6.92 Å². The molecule has 4 heteroatoms. The number of piperidine rings is 1. The van der Waals surface area contributed by atoms with Gasteiger partial charge in [0.1, 0.15) is 5.75 Å². The molecule has 1 heterocycles. The highest BCUT2D eigenvalue weighted by molar-refractivity contribution is 5.94.